The van der Waals surface area contributed by atoms with Crippen LogP contribution in [0.1, 0.15) is 33.2 Å². The summed E-state index contributed by atoms with van der Waals surface area (Å²) in [4.78, 5) is 24.0. The molecule has 0 amide bonds. The van der Waals surface area contributed by atoms with Crippen LogP contribution in [0.5, 0.6) is 5.75 Å². The second kappa shape index (κ2) is 7.92. The van der Waals surface area contributed by atoms with E-state index in [1.54, 1.807) is 37.4 Å². The third kappa shape index (κ3) is 4.42. The molecule has 0 aliphatic rings. The fourth-order valence-electron chi connectivity index (χ4n) is 2.01. The van der Waals surface area contributed by atoms with Gasteiger partial charge in [0.05, 0.1) is 17.1 Å². The summed E-state index contributed by atoms with van der Waals surface area (Å²) >= 11 is 3.32. The maximum Gasteiger partial charge on any atom is 0.338 e. The minimum atomic E-state index is -0.506. The van der Waals surface area contributed by atoms with Crippen molar-refractivity contribution >= 4 is 27.7 Å². The van der Waals surface area contributed by atoms with Gasteiger partial charge in [-0.25, -0.2) is 4.79 Å². The molecule has 0 saturated heterocycles. The first-order valence-electron chi connectivity index (χ1n) is 7.18. The summed E-state index contributed by atoms with van der Waals surface area (Å²) in [6.07, 6.45) is 0.903. The molecule has 0 heterocycles. The molecule has 0 fully saturated rings. The van der Waals surface area contributed by atoms with Gasteiger partial charge < -0.3 is 9.47 Å². The molecule has 2 aromatic carbocycles. The summed E-state index contributed by atoms with van der Waals surface area (Å²) in [6.45, 7) is 1.74. The van der Waals surface area contributed by atoms with Crippen molar-refractivity contribution in [1.82, 2.24) is 0 Å². The van der Waals surface area contributed by atoms with E-state index in [2.05, 4.69) is 15.9 Å². The van der Waals surface area contributed by atoms with Crippen molar-refractivity contribution in [3.63, 3.8) is 0 Å². The molecule has 0 unspecified atom stereocenters. The Morgan fingerprint density at radius 3 is 2.26 bits per heavy atom. The summed E-state index contributed by atoms with van der Waals surface area (Å²) in [5.74, 6) is -0.143. The normalized spacial score (nSPS) is 10.2. The Kier molecular flexibility index (Phi) is 5.93. The maximum absolute atomic E-state index is 12.1. The van der Waals surface area contributed by atoms with Crippen LogP contribution in [0.25, 0.3) is 0 Å². The third-order valence-electron chi connectivity index (χ3n) is 3.41. The Labute approximate surface area is 143 Å². The zero-order valence-corrected chi connectivity index (χ0v) is 14.6. The van der Waals surface area contributed by atoms with E-state index in [4.69, 9.17) is 9.47 Å². The number of hydrogen-bond donors (Lipinski definition) is 0. The molecule has 0 aliphatic carbocycles. The van der Waals surface area contributed by atoms with Crippen LogP contribution < -0.4 is 4.74 Å². The molecule has 0 saturated carbocycles. The Hall–Kier alpha value is -2.14. The minimum Gasteiger partial charge on any atom is -0.496 e. The Balaban J connectivity index is 1.97. The van der Waals surface area contributed by atoms with Crippen LogP contribution in [0, 0.1) is 0 Å². The number of esters is 1. The quantitative estimate of drug-likeness (QED) is 0.563. The summed E-state index contributed by atoms with van der Waals surface area (Å²) in [7, 11) is 1.55. The first-order chi connectivity index (χ1) is 11.0. The van der Waals surface area contributed by atoms with Gasteiger partial charge in [0, 0.05) is 5.56 Å². The molecular formula is C18H17BrO4. The average Bonchev–Trinajstić information content (AvgIpc) is 2.59. The number of methoxy groups -OCH3 is 1. The average molecular weight is 377 g/mol. The van der Waals surface area contributed by atoms with Gasteiger partial charge in [-0.1, -0.05) is 19.1 Å². The Morgan fingerprint density at radius 1 is 1.04 bits per heavy atom. The standard InChI is InChI=1S/C18H17BrO4/c1-3-12-4-6-13(7-5-12)18(21)23-11-16(20)14-8-9-17(22-2)15(19)10-14/h4-10H,3,11H2,1-2H3. The molecule has 0 atom stereocenters. The Bertz CT molecular complexity index is 707. The summed E-state index contributed by atoms with van der Waals surface area (Å²) in [5, 5.41) is 0. The van der Waals surface area contributed by atoms with Crippen LogP contribution in [0.4, 0.5) is 0 Å². The number of carbonyl (C=O) groups is 2. The van der Waals surface area contributed by atoms with E-state index >= 15 is 0 Å². The van der Waals surface area contributed by atoms with Gasteiger partial charge in [0.15, 0.2) is 12.4 Å². The molecule has 0 aliphatic heterocycles. The van der Waals surface area contributed by atoms with Crippen LogP contribution in [-0.4, -0.2) is 25.5 Å². The van der Waals surface area contributed by atoms with Crippen LogP contribution in [0.3, 0.4) is 0 Å². The summed E-state index contributed by atoms with van der Waals surface area (Å²) in [6, 6.07) is 12.1. The van der Waals surface area contributed by atoms with Gasteiger partial charge in [0.2, 0.25) is 0 Å². The van der Waals surface area contributed by atoms with Gasteiger partial charge in [0.1, 0.15) is 5.75 Å². The summed E-state index contributed by atoms with van der Waals surface area (Å²) in [5.41, 5.74) is 2.03. The SMILES string of the molecule is CCc1ccc(C(=O)OCC(=O)c2ccc(OC)c(Br)c2)cc1. The molecule has 4 nitrogen and oxygen atoms in total. The molecule has 0 spiro atoms. The number of carbonyl (C=O) groups excluding carboxylic acids is 2. The second-order valence-electron chi connectivity index (χ2n) is 4.90. The molecule has 23 heavy (non-hydrogen) atoms. The fraction of sp³-hybridized carbons (Fsp3) is 0.222. The highest BCUT2D eigenvalue weighted by Crippen LogP contribution is 2.25. The minimum absolute atomic E-state index is 0.271. The Morgan fingerprint density at radius 2 is 1.70 bits per heavy atom. The molecule has 5 heteroatoms. The number of ketones is 1. The predicted octanol–water partition coefficient (Wildman–Crippen LogP) is 4.06. The molecule has 0 bridgehead atoms. The number of rotatable bonds is 6. The molecule has 0 N–H and O–H groups in total. The lowest BCUT2D eigenvalue weighted by Gasteiger charge is -2.07. The van der Waals surface area contributed by atoms with Crippen molar-refractivity contribution in [1.29, 1.82) is 0 Å². The summed E-state index contributed by atoms with van der Waals surface area (Å²) < 4.78 is 10.9. The zero-order valence-electron chi connectivity index (χ0n) is 13.0. The van der Waals surface area contributed by atoms with Gasteiger partial charge in [-0.15, -0.1) is 0 Å². The van der Waals surface area contributed by atoms with Crippen LogP contribution in [0.15, 0.2) is 46.9 Å². The van der Waals surface area contributed by atoms with E-state index in [-0.39, 0.29) is 12.4 Å². The number of ether oxygens (including phenoxy) is 2. The van der Waals surface area contributed by atoms with E-state index in [1.165, 1.54) is 0 Å². The van der Waals surface area contributed by atoms with Crippen molar-refractivity contribution in [3.05, 3.63) is 63.6 Å². The van der Waals surface area contributed by atoms with Crippen LogP contribution in [0.2, 0.25) is 0 Å². The van der Waals surface area contributed by atoms with E-state index in [1.807, 2.05) is 19.1 Å². The lowest BCUT2D eigenvalue weighted by atomic mass is 10.1. The topological polar surface area (TPSA) is 52.6 Å². The molecule has 120 valence electrons. The van der Waals surface area contributed by atoms with Crippen molar-refractivity contribution in [3.8, 4) is 5.75 Å². The first-order valence-corrected chi connectivity index (χ1v) is 7.97. The first kappa shape index (κ1) is 17.2. The van der Waals surface area contributed by atoms with E-state index < -0.39 is 5.97 Å². The predicted molar refractivity (Wildman–Crippen MR) is 91.1 cm³/mol. The highest BCUT2D eigenvalue weighted by Gasteiger charge is 2.13. The number of benzene rings is 2. The largest absolute Gasteiger partial charge is 0.496 e. The molecule has 0 radical (unpaired) electrons. The second-order valence-corrected chi connectivity index (χ2v) is 5.75. The van der Waals surface area contributed by atoms with E-state index in [0.717, 1.165) is 12.0 Å². The van der Waals surface area contributed by atoms with Crippen molar-refractivity contribution in [2.45, 2.75) is 13.3 Å². The lowest BCUT2D eigenvalue weighted by Crippen LogP contribution is -2.14. The van der Waals surface area contributed by atoms with Gasteiger partial charge in [-0.3, -0.25) is 4.79 Å². The van der Waals surface area contributed by atoms with Crippen molar-refractivity contribution in [2.24, 2.45) is 0 Å². The van der Waals surface area contributed by atoms with Crippen LogP contribution >= 0.6 is 15.9 Å². The third-order valence-corrected chi connectivity index (χ3v) is 4.03. The maximum atomic E-state index is 12.1. The molecular weight excluding hydrogens is 360 g/mol. The van der Waals surface area contributed by atoms with E-state index in [0.29, 0.717) is 21.3 Å². The van der Waals surface area contributed by atoms with Gasteiger partial charge >= 0.3 is 5.97 Å². The zero-order chi connectivity index (χ0) is 16.8. The highest BCUT2D eigenvalue weighted by atomic mass is 79.9. The van der Waals surface area contributed by atoms with Crippen molar-refractivity contribution in [2.75, 3.05) is 13.7 Å². The van der Waals surface area contributed by atoms with Gasteiger partial charge in [0.25, 0.3) is 0 Å². The smallest absolute Gasteiger partial charge is 0.338 e. The number of hydrogen-bond acceptors (Lipinski definition) is 4. The molecule has 0 aromatic heterocycles. The van der Waals surface area contributed by atoms with Crippen LogP contribution in [-0.2, 0) is 11.2 Å². The van der Waals surface area contributed by atoms with Gasteiger partial charge in [-0.05, 0) is 58.2 Å². The number of aryl methyl sites for hydroxylation is 1. The van der Waals surface area contributed by atoms with E-state index in [9.17, 15) is 9.59 Å². The number of halogens is 1. The lowest BCUT2D eigenvalue weighted by molar-refractivity contribution is 0.0474. The molecule has 2 rings (SSSR count). The van der Waals surface area contributed by atoms with Crippen molar-refractivity contribution < 1.29 is 19.1 Å². The fourth-order valence-corrected chi connectivity index (χ4v) is 2.55. The highest BCUT2D eigenvalue weighted by molar-refractivity contribution is 9.10. The number of Topliss-reactive ketones (excluding diaryl/α,β-unsaturated/α-hetero) is 1. The monoisotopic (exact) mass is 376 g/mol. The van der Waals surface area contributed by atoms with Gasteiger partial charge in [-0.2, -0.15) is 0 Å². The molecule has 2 aromatic rings.